The lowest BCUT2D eigenvalue weighted by Crippen LogP contribution is -2.15. The Hall–Kier alpha value is -1.05. The SMILES string of the molecule is CCCCCC1CCCC(Oc2ccncc2)CC1. The van der Waals surface area contributed by atoms with Gasteiger partial charge in [-0.05, 0) is 43.7 Å². The first-order valence-corrected chi connectivity index (χ1v) is 7.95. The Labute approximate surface area is 117 Å². The third kappa shape index (κ3) is 5.22. The van der Waals surface area contributed by atoms with E-state index in [4.69, 9.17) is 4.74 Å². The average molecular weight is 261 g/mol. The predicted octanol–water partition coefficient (Wildman–Crippen LogP) is 4.99. The molecule has 1 aliphatic rings. The number of aromatic nitrogens is 1. The summed E-state index contributed by atoms with van der Waals surface area (Å²) in [5.74, 6) is 1.92. The molecule has 2 nitrogen and oxygen atoms in total. The van der Waals surface area contributed by atoms with Crippen molar-refractivity contribution in [2.45, 2.75) is 70.8 Å². The molecule has 1 aliphatic carbocycles. The van der Waals surface area contributed by atoms with E-state index in [9.17, 15) is 0 Å². The molecule has 1 aromatic rings. The summed E-state index contributed by atoms with van der Waals surface area (Å²) in [7, 11) is 0. The fraction of sp³-hybridized carbons (Fsp3) is 0.706. The van der Waals surface area contributed by atoms with Crippen LogP contribution in [0.5, 0.6) is 5.75 Å². The van der Waals surface area contributed by atoms with Gasteiger partial charge in [0.15, 0.2) is 0 Å². The maximum atomic E-state index is 6.07. The highest BCUT2D eigenvalue weighted by molar-refractivity contribution is 5.17. The van der Waals surface area contributed by atoms with Crippen molar-refractivity contribution in [1.29, 1.82) is 0 Å². The minimum Gasteiger partial charge on any atom is -0.490 e. The van der Waals surface area contributed by atoms with E-state index in [1.165, 1.54) is 57.8 Å². The van der Waals surface area contributed by atoms with Crippen LogP contribution in [0.1, 0.15) is 64.7 Å². The van der Waals surface area contributed by atoms with Crippen LogP contribution in [0.2, 0.25) is 0 Å². The zero-order valence-electron chi connectivity index (χ0n) is 12.2. The van der Waals surface area contributed by atoms with Crippen molar-refractivity contribution < 1.29 is 4.74 Å². The highest BCUT2D eigenvalue weighted by Crippen LogP contribution is 2.29. The number of hydrogen-bond acceptors (Lipinski definition) is 2. The molecule has 1 saturated carbocycles. The van der Waals surface area contributed by atoms with Gasteiger partial charge in [0, 0.05) is 12.4 Å². The van der Waals surface area contributed by atoms with Gasteiger partial charge in [0.05, 0.1) is 6.10 Å². The molecule has 2 atom stereocenters. The minimum absolute atomic E-state index is 0.415. The number of pyridine rings is 1. The fourth-order valence-electron chi connectivity index (χ4n) is 3.04. The molecule has 2 heteroatoms. The average Bonchev–Trinajstić information content (AvgIpc) is 2.66. The first kappa shape index (κ1) is 14.4. The number of nitrogens with zero attached hydrogens (tertiary/aromatic N) is 1. The van der Waals surface area contributed by atoms with Gasteiger partial charge in [0.2, 0.25) is 0 Å². The lowest BCUT2D eigenvalue weighted by Gasteiger charge is -2.17. The van der Waals surface area contributed by atoms with Crippen LogP contribution in [0.15, 0.2) is 24.5 Å². The van der Waals surface area contributed by atoms with Gasteiger partial charge < -0.3 is 4.74 Å². The third-order valence-electron chi connectivity index (χ3n) is 4.20. The molecule has 0 aromatic carbocycles. The molecule has 1 fully saturated rings. The van der Waals surface area contributed by atoms with Crippen molar-refractivity contribution in [3.63, 3.8) is 0 Å². The predicted molar refractivity (Wildman–Crippen MR) is 79.4 cm³/mol. The van der Waals surface area contributed by atoms with E-state index in [-0.39, 0.29) is 0 Å². The molecule has 0 radical (unpaired) electrons. The van der Waals surface area contributed by atoms with Crippen molar-refractivity contribution in [1.82, 2.24) is 4.98 Å². The fourth-order valence-corrected chi connectivity index (χ4v) is 3.04. The van der Waals surface area contributed by atoms with Gasteiger partial charge in [0.25, 0.3) is 0 Å². The van der Waals surface area contributed by atoms with Crippen molar-refractivity contribution in [2.75, 3.05) is 0 Å². The van der Waals surface area contributed by atoms with Crippen LogP contribution in [0.25, 0.3) is 0 Å². The van der Waals surface area contributed by atoms with Crippen molar-refractivity contribution in [2.24, 2.45) is 5.92 Å². The molecule has 0 spiro atoms. The normalized spacial score (nSPS) is 23.8. The molecule has 0 saturated heterocycles. The monoisotopic (exact) mass is 261 g/mol. The summed E-state index contributed by atoms with van der Waals surface area (Å²) in [5, 5.41) is 0. The van der Waals surface area contributed by atoms with Gasteiger partial charge in [-0.3, -0.25) is 4.98 Å². The standard InChI is InChI=1S/C17H27NO/c1-2-3-4-6-15-7-5-8-16(10-9-15)19-17-11-13-18-14-12-17/h11-16H,2-10H2,1H3. The summed E-state index contributed by atoms with van der Waals surface area (Å²) in [5.41, 5.74) is 0. The molecular formula is C17H27NO. The molecule has 2 rings (SSSR count). The summed E-state index contributed by atoms with van der Waals surface area (Å²) in [4.78, 5) is 4.03. The van der Waals surface area contributed by atoms with Crippen molar-refractivity contribution >= 4 is 0 Å². The summed E-state index contributed by atoms with van der Waals surface area (Å²) < 4.78 is 6.07. The van der Waals surface area contributed by atoms with Crippen LogP contribution in [0.4, 0.5) is 0 Å². The lowest BCUT2D eigenvalue weighted by atomic mass is 9.94. The third-order valence-corrected chi connectivity index (χ3v) is 4.20. The van der Waals surface area contributed by atoms with Crippen LogP contribution in [0.3, 0.4) is 0 Å². The van der Waals surface area contributed by atoms with Gasteiger partial charge in [-0.15, -0.1) is 0 Å². The number of unbranched alkanes of at least 4 members (excludes halogenated alkanes) is 2. The quantitative estimate of drug-likeness (QED) is 0.531. The molecule has 2 unspecified atom stereocenters. The Morgan fingerprint density at radius 2 is 1.95 bits per heavy atom. The molecule has 106 valence electrons. The van der Waals surface area contributed by atoms with Crippen LogP contribution in [0, 0.1) is 5.92 Å². The molecule has 0 bridgehead atoms. The zero-order valence-corrected chi connectivity index (χ0v) is 12.2. The van der Waals surface area contributed by atoms with E-state index in [1.54, 1.807) is 12.4 Å². The molecule has 1 aromatic heterocycles. The zero-order chi connectivity index (χ0) is 13.3. The van der Waals surface area contributed by atoms with Gasteiger partial charge >= 0.3 is 0 Å². The second-order valence-electron chi connectivity index (χ2n) is 5.79. The highest BCUT2D eigenvalue weighted by atomic mass is 16.5. The Morgan fingerprint density at radius 1 is 1.11 bits per heavy atom. The smallest absolute Gasteiger partial charge is 0.122 e. The van der Waals surface area contributed by atoms with E-state index in [2.05, 4.69) is 11.9 Å². The first-order valence-electron chi connectivity index (χ1n) is 7.95. The second-order valence-corrected chi connectivity index (χ2v) is 5.79. The van der Waals surface area contributed by atoms with Crippen LogP contribution < -0.4 is 4.74 Å². The number of rotatable bonds is 6. The number of hydrogen-bond donors (Lipinski definition) is 0. The Balaban J connectivity index is 1.74. The van der Waals surface area contributed by atoms with Crippen LogP contribution in [-0.4, -0.2) is 11.1 Å². The Morgan fingerprint density at radius 3 is 2.74 bits per heavy atom. The van der Waals surface area contributed by atoms with Gasteiger partial charge in [0.1, 0.15) is 5.75 Å². The Kier molecular flexibility index (Phi) is 6.19. The topological polar surface area (TPSA) is 22.1 Å². The van der Waals surface area contributed by atoms with Crippen LogP contribution in [-0.2, 0) is 0 Å². The van der Waals surface area contributed by atoms with E-state index < -0.39 is 0 Å². The highest BCUT2D eigenvalue weighted by Gasteiger charge is 2.19. The Bertz CT molecular complexity index is 338. The van der Waals surface area contributed by atoms with Gasteiger partial charge in [-0.1, -0.05) is 39.0 Å². The summed E-state index contributed by atoms with van der Waals surface area (Å²) >= 11 is 0. The van der Waals surface area contributed by atoms with E-state index >= 15 is 0 Å². The first-order chi connectivity index (χ1) is 9.38. The largest absolute Gasteiger partial charge is 0.490 e. The summed E-state index contributed by atoms with van der Waals surface area (Å²) in [6.45, 7) is 2.28. The van der Waals surface area contributed by atoms with Crippen molar-refractivity contribution in [3.8, 4) is 5.75 Å². The summed E-state index contributed by atoms with van der Waals surface area (Å²) in [6.07, 6.45) is 16.1. The van der Waals surface area contributed by atoms with E-state index in [0.717, 1.165) is 11.7 Å². The minimum atomic E-state index is 0.415. The van der Waals surface area contributed by atoms with Gasteiger partial charge in [-0.25, -0.2) is 0 Å². The molecule has 19 heavy (non-hydrogen) atoms. The number of ether oxygens (including phenoxy) is 1. The molecular weight excluding hydrogens is 234 g/mol. The van der Waals surface area contributed by atoms with Crippen molar-refractivity contribution in [3.05, 3.63) is 24.5 Å². The molecule has 0 amide bonds. The maximum absolute atomic E-state index is 6.07. The molecule has 0 N–H and O–H groups in total. The van der Waals surface area contributed by atoms with Crippen LogP contribution >= 0.6 is 0 Å². The molecule has 0 aliphatic heterocycles. The summed E-state index contributed by atoms with van der Waals surface area (Å²) in [6, 6.07) is 3.92. The maximum Gasteiger partial charge on any atom is 0.122 e. The van der Waals surface area contributed by atoms with E-state index in [1.807, 2.05) is 12.1 Å². The lowest BCUT2D eigenvalue weighted by molar-refractivity contribution is 0.181. The van der Waals surface area contributed by atoms with Gasteiger partial charge in [-0.2, -0.15) is 0 Å². The van der Waals surface area contributed by atoms with E-state index in [0.29, 0.717) is 6.10 Å². The molecule has 1 heterocycles. The second kappa shape index (κ2) is 8.19.